The normalized spacial score (nSPS) is 45.1. The second-order valence-corrected chi connectivity index (χ2v) is 20.7. The number of aliphatic hydroxyl groups excluding tert-OH is 1. The van der Waals surface area contributed by atoms with E-state index in [9.17, 15) is 23.4 Å². The minimum atomic E-state index is -4.26. The van der Waals surface area contributed by atoms with Gasteiger partial charge in [-0.1, -0.05) is 70.6 Å². The number of hydrogen-bond donors (Lipinski definition) is 3. The molecule has 372 valence electrons. The first kappa shape index (κ1) is 51.5. The molecule has 0 amide bonds. The largest absolute Gasteiger partial charge is 0.462 e. The first-order valence-electron chi connectivity index (χ1n) is 23.6. The number of hydrogen-bond acceptors (Lipinski definition) is 16. The monoisotopic (exact) mass is 951 g/mol. The summed E-state index contributed by atoms with van der Waals surface area (Å²) in [4.78, 5) is 14.4. The van der Waals surface area contributed by atoms with Crippen molar-refractivity contribution < 1.29 is 75.0 Å². The molecule has 6 aliphatic heterocycles. The maximum Gasteiger partial charge on any atom is 0.333 e. The van der Waals surface area contributed by atoms with E-state index in [0.29, 0.717) is 30.4 Å². The SMILES string of the molecule is CCC(C)[C@H]1O[C@]2(C=C[C@@H]1C)C[C@@H]1C[C@@H](CC=C(C)[C@@H](O[C@H]3C[C@H](OC)[C@@H](O[C@H]4C[C@H](OC)[C@@H](OS(N)(=O)=O)[C@H](C)O4)[C@H](C)O3)[C@@H](C)C=CC=C3CO[C@@H]4[C@H](O)C(C)=C[C@@H](C(=O)O1)[C@]34O)O2. The Bertz CT molecular complexity index is 1990. The molecule has 4 saturated heterocycles. The maximum atomic E-state index is 14.4. The van der Waals surface area contributed by atoms with Gasteiger partial charge >= 0.3 is 16.3 Å². The second kappa shape index (κ2) is 20.9. The van der Waals surface area contributed by atoms with Crippen molar-refractivity contribution in [1.82, 2.24) is 0 Å². The van der Waals surface area contributed by atoms with Gasteiger partial charge in [0.25, 0.3) is 0 Å². The van der Waals surface area contributed by atoms with Crippen LogP contribution < -0.4 is 5.14 Å². The predicted octanol–water partition coefficient (Wildman–Crippen LogP) is 4.61. The van der Waals surface area contributed by atoms with Crippen LogP contribution >= 0.6 is 0 Å². The van der Waals surface area contributed by atoms with Gasteiger partial charge in [0.2, 0.25) is 0 Å². The minimum Gasteiger partial charge on any atom is -0.462 e. The molecule has 6 heterocycles. The fourth-order valence-electron chi connectivity index (χ4n) is 10.8. The molecule has 4 N–H and O–H groups in total. The number of ether oxygens (including phenoxy) is 10. The third-order valence-corrected chi connectivity index (χ3v) is 15.2. The van der Waals surface area contributed by atoms with Crippen molar-refractivity contribution in [2.24, 2.45) is 28.8 Å². The molecular weight excluding hydrogens is 879 g/mol. The molecule has 0 aromatic rings. The molecule has 0 radical (unpaired) electrons. The van der Waals surface area contributed by atoms with Crippen LogP contribution in [0.4, 0.5) is 0 Å². The number of allylic oxidation sites excluding steroid dienone is 2. The molecule has 17 nitrogen and oxygen atoms in total. The standard InChI is InChI=1S/C48H73NO16S/c1-11-25(2)42-28(5)17-18-47(64-42)23-34-20-33(63-47)16-15-27(4)41(26(3)13-12-14-32-24-57-45-40(50)29(6)19-35(46(51)60-34)48(32,45)52)61-38-21-36(55-9)43(30(7)58-38)62-39-22-37(56-10)44(31(8)59-39)65-66(49,53)54/h12-15,17-19,25-26,28,30-31,33-45,50,52H,11,16,20-24H2,1-10H3,(H2,49,53,54)/t25?,26-,28-,30-,31-,33+,34-,35-,36-,37-,38-,39-,40+,41-,42+,43-,44-,45+,47+,48+/m0/s1. The molecule has 0 aromatic carbocycles. The first-order valence-corrected chi connectivity index (χ1v) is 25.0. The maximum absolute atomic E-state index is 14.4. The summed E-state index contributed by atoms with van der Waals surface area (Å²) in [6.45, 7) is 15.8. The van der Waals surface area contributed by atoms with E-state index >= 15 is 0 Å². The van der Waals surface area contributed by atoms with Gasteiger partial charge in [-0.05, 0) is 62.8 Å². The summed E-state index contributed by atoms with van der Waals surface area (Å²) in [7, 11) is -1.21. The summed E-state index contributed by atoms with van der Waals surface area (Å²) in [5.74, 6) is -2.72. The molecule has 1 spiro atoms. The van der Waals surface area contributed by atoms with Crippen molar-refractivity contribution >= 4 is 16.3 Å². The van der Waals surface area contributed by atoms with E-state index in [1.807, 2.05) is 39.0 Å². The van der Waals surface area contributed by atoms with Gasteiger partial charge in [0.15, 0.2) is 18.4 Å². The average molecular weight is 952 g/mol. The highest BCUT2D eigenvalue weighted by atomic mass is 32.2. The summed E-state index contributed by atoms with van der Waals surface area (Å²) in [6, 6.07) is 0. The Labute approximate surface area is 390 Å². The van der Waals surface area contributed by atoms with Crippen molar-refractivity contribution in [2.45, 2.75) is 191 Å². The van der Waals surface area contributed by atoms with Crippen LogP contribution in [0, 0.1) is 23.7 Å². The van der Waals surface area contributed by atoms with E-state index in [4.69, 9.17) is 56.7 Å². The van der Waals surface area contributed by atoms with Crippen LogP contribution in [0.1, 0.15) is 93.9 Å². The molecule has 20 atom stereocenters. The summed E-state index contributed by atoms with van der Waals surface area (Å²) in [6.07, 6.45) is 6.58. The first-order chi connectivity index (χ1) is 31.2. The number of carbonyl (C=O) groups is 1. The van der Waals surface area contributed by atoms with Gasteiger partial charge in [-0.2, -0.15) is 8.42 Å². The van der Waals surface area contributed by atoms with Gasteiger partial charge in [-0.25, -0.2) is 9.32 Å². The van der Waals surface area contributed by atoms with Crippen LogP contribution in [0.15, 0.2) is 59.3 Å². The number of rotatable bonds is 10. The van der Waals surface area contributed by atoms with Crippen molar-refractivity contribution in [3.63, 3.8) is 0 Å². The molecule has 0 aromatic heterocycles. The predicted molar refractivity (Wildman–Crippen MR) is 239 cm³/mol. The average Bonchev–Trinajstić information content (AvgIpc) is 3.60. The Morgan fingerprint density at radius 2 is 1.58 bits per heavy atom. The zero-order valence-electron chi connectivity index (χ0n) is 40.0. The molecule has 7 aliphatic rings. The van der Waals surface area contributed by atoms with Crippen LogP contribution in [-0.2, 0) is 66.7 Å². The Balaban J connectivity index is 1.16. The lowest BCUT2D eigenvalue weighted by molar-refractivity contribution is -0.317. The fourth-order valence-corrected chi connectivity index (χ4v) is 11.4. The number of nitrogens with two attached hydrogens (primary N) is 1. The van der Waals surface area contributed by atoms with Crippen molar-refractivity contribution in [1.29, 1.82) is 0 Å². The number of aliphatic hydroxyl groups is 2. The molecular formula is C48H73NO16S. The van der Waals surface area contributed by atoms with Gasteiger partial charge in [0.1, 0.15) is 42.0 Å². The van der Waals surface area contributed by atoms with E-state index in [2.05, 4.69) is 32.9 Å². The summed E-state index contributed by atoms with van der Waals surface area (Å²) in [5.41, 5.74) is 0.0251. The van der Waals surface area contributed by atoms with Crippen molar-refractivity contribution in [3.8, 4) is 0 Å². The summed E-state index contributed by atoms with van der Waals surface area (Å²) < 4.78 is 92.4. The molecule has 7 rings (SSSR count). The van der Waals surface area contributed by atoms with Crippen LogP contribution in [0.5, 0.6) is 0 Å². The molecule has 1 unspecified atom stereocenters. The topological polar surface area (TPSA) is 219 Å². The molecule has 2 bridgehead atoms. The zero-order valence-corrected chi connectivity index (χ0v) is 40.8. The van der Waals surface area contributed by atoms with Crippen LogP contribution in [0.3, 0.4) is 0 Å². The highest BCUT2D eigenvalue weighted by molar-refractivity contribution is 7.84. The van der Waals surface area contributed by atoms with Gasteiger partial charge in [0, 0.05) is 51.7 Å². The third kappa shape index (κ3) is 11.0. The van der Waals surface area contributed by atoms with E-state index < -0.39 is 113 Å². The van der Waals surface area contributed by atoms with Crippen molar-refractivity contribution in [2.75, 3.05) is 20.8 Å². The minimum absolute atomic E-state index is 0.00727. The van der Waals surface area contributed by atoms with Gasteiger partial charge in [0.05, 0.1) is 49.3 Å². The molecule has 1 aliphatic carbocycles. The van der Waals surface area contributed by atoms with Crippen LogP contribution in [0.2, 0.25) is 0 Å². The lowest BCUT2D eigenvalue weighted by Crippen LogP contribution is -2.58. The Hall–Kier alpha value is -2.40. The summed E-state index contributed by atoms with van der Waals surface area (Å²) in [5, 5.41) is 28.9. The molecule has 18 heteroatoms. The van der Waals surface area contributed by atoms with Crippen molar-refractivity contribution in [3.05, 3.63) is 59.3 Å². The van der Waals surface area contributed by atoms with Crippen LogP contribution in [0.25, 0.3) is 0 Å². The summed E-state index contributed by atoms with van der Waals surface area (Å²) >= 11 is 0. The quantitative estimate of drug-likeness (QED) is 0.201. The third-order valence-electron chi connectivity index (χ3n) is 14.7. The number of esters is 1. The highest BCUT2D eigenvalue weighted by Gasteiger charge is 2.60. The Kier molecular flexibility index (Phi) is 16.3. The van der Waals surface area contributed by atoms with Gasteiger partial charge < -0.3 is 57.6 Å². The number of fused-ring (bicyclic) bond motifs is 2. The van der Waals surface area contributed by atoms with E-state index in [-0.39, 0.29) is 43.3 Å². The smallest absolute Gasteiger partial charge is 0.333 e. The van der Waals surface area contributed by atoms with Crippen LogP contribution in [-0.4, -0.2) is 143 Å². The lowest BCUT2D eigenvalue weighted by Gasteiger charge is -2.48. The molecule has 0 saturated carbocycles. The van der Waals surface area contributed by atoms with E-state index in [0.717, 1.165) is 12.0 Å². The molecule has 66 heavy (non-hydrogen) atoms. The zero-order chi connectivity index (χ0) is 47.9. The van der Waals surface area contributed by atoms with E-state index in [1.54, 1.807) is 33.1 Å². The fraction of sp³-hybridized carbons (Fsp3) is 0.771. The molecule has 4 fully saturated rings. The second-order valence-electron chi connectivity index (χ2n) is 19.5. The lowest BCUT2D eigenvalue weighted by atomic mass is 9.71. The van der Waals surface area contributed by atoms with Gasteiger partial charge in [-0.15, -0.1) is 0 Å². The Morgan fingerprint density at radius 3 is 2.24 bits per heavy atom. The van der Waals surface area contributed by atoms with E-state index in [1.165, 1.54) is 7.11 Å². The number of methoxy groups -OCH3 is 2. The Morgan fingerprint density at radius 1 is 0.909 bits per heavy atom. The highest BCUT2D eigenvalue weighted by Crippen LogP contribution is 2.47. The number of carbonyl (C=O) groups excluding carboxylic acids is 1. The van der Waals surface area contributed by atoms with Gasteiger partial charge in [-0.3, -0.25) is 4.79 Å².